The van der Waals surface area contributed by atoms with E-state index >= 15 is 0 Å². The number of methoxy groups -OCH3 is 1. The number of thiocarbonyl (C=S) groups is 1. The van der Waals surface area contributed by atoms with E-state index in [1.807, 2.05) is 12.3 Å². The van der Waals surface area contributed by atoms with Crippen LogP contribution in [0.15, 0.2) is 41.8 Å². The van der Waals surface area contributed by atoms with Crippen LogP contribution in [0.4, 0.5) is 9.39 Å². The molecule has 4 nitrogen and oxygen atoms in total. The van der Waals surface area contributed by atoms with Crippen LogP contribution >= 0.6 is 23.6 Å². The molecule has 24 heavy (non-hydrogen) atoms. The first-order valence-corrected chi connectivity index (χ1v) is 8.36. The molecular formula is C17H17FN2O2S2. The van der Waals surface area contributed by atoms with Gasteiger partial charge in [0.1, 0.15) is 16.4 Å². The minimum Gasteiger partial charge on any atom is -0.465 e. The largest absolute Gasteiger partial charge is 0.465 e. The zero-order chi connectivity index (χ0) is 17.7. The van der Waals surface area contributed by atoms with E-state index < -0.39 is 5.97 Å². The molecule has 1 aromatic heterocycles. The van der Waals surface area contributed by atoms with Crippen LogP contribution in [-0.4, -0.2) is 24.7 Å². The third-order valence-electron chi connectivity index (χ3n) is 3.11. The highest BCUT2D eigenvalue weighted by molar-refractivity contribution is 7.80. The molecule has 0 radical (unpaired) electrons. The molecule has 0 spiro atoms. The Bertz CT molecular complexity index is 769. The molecule has 0 aliphatic carbocycles. The molecule has 2 N–H and O–H groups in total. The van der Waals surface area contributed by atoms with E-state index in [2.05, 4.69) is 17.2 Å². The Morgan fingerprint density at radius 3 is 2.62 bits per heavy atom. The van der Waals surface area contributed by atoms with Gasteiger partial charge in [-0.1, -0.05) is 24.3 Å². The molecule has 0 aliphatic rings. The third kappa shape index (κ3) is 4.39. The molecule has 126 valence electrons. The summed E-state index contributed by atoms with van der Waals surface area (Å²) in [6.45, 7) is 6.21. The van der Waals surface area contributed by atoms with Crippen LogP contribution in [0.5, 0.6) is 0 Å². The number of carbonyl (C=O) groups is 1. The van der Waals surface area contributed by atoms with Crippen molar-refractivity contribution in [1.82, 2.24) is 5.32 Å². The van der Waals surface area contributed by atoms with E-state index in [1.54, 1.807) is 12.1 Å². The summed E-state index contributed by atoms with van der Waals surface area (Å²) in [6, 6.07) is 5.93. The summed E-state index contributed by atoms with van der Waals surface area (Å²) in [4.78, 5) is 12.2. The Kier molecular flexibility index (Phi) is 6.05. The molecule has 0 saturated carbocycles. The smallest absolute Gasteiger partial charge is 0.341 e. The van der Waals surface area contributed by atoms with Gasteiger partial charge in [-0.05, 0) is 36.8 Å². The molecule has 0 aliphatic heterocycles. The molecule has 7 heteroatoms. The number of thiophene rings is 1. The second kappa shape index (κ2) is 8.03. The number of halogens is 1. The van der Waals surface area contributed by atoms with Crippen molar-refractivity contribution in [2.24, 2.45) is 0 Å². The average Bonchev–Trinajstić information content (AvgIpc) is 2.96. The normalized spacial score (nSPS) is 10.1. The standard InChI is InChI=1S/C17H17FN2O2S2/c1-10(2)8-19-17(23)20-15-14(16(21)22-3)13(9-24-15)11-4-6-12(18)7-5-11/h4-7,9H,1,8H2,2-3H3,(H2,19,20,23). The third-order valence-corrected chi connectivity index (χ3v) is 4.26. The molecule has 0 fully saturated rings. The summed E-state index contributed by atoms with van der Waals surface area (Å²) in [5.74, 6) is -0.821. The van der Waals surface area contributed by atoms with Crippen molar-refractivity contribution < 1.29 is 13.9 Å². The van der Waals surface area contributed by atoms with Crippen LogP contribution < -0.4 is 10.6 Å². The molecule has 1 aromatic carbocycles. The van der Waals surface area contributed by atoms with Crippen molar-refractivity contribution in [2.75, 3.05) is 19.0 Å². The van der Waals surface area contributed by atoms with Gasteiger partial charge in [0.2, 0.25) is 0 Å². The minimum atomic E-state index is -0.485. The average molecular weight is 364 g/mol. The highest BCUT2D eigenvalue weighted by Gasteiger charge is 2.21. The molecule has 0 amide bonds. The Morgan fingerprint density at radius 2 is 2.04 bits per heavy atom. The quantitative estimate of drug-likeness (QED) is 0.473. The lowest BCUT2D eigenvalue weighted by Gasteiger charge is -2.11. The number of anilines is 1. The van der Waals surface area contributed by atoms with Crippen molar-refractivity contribution in [1.29, 1.82) is 0 Å². The number of carbonyl (C=O) groups excluding carboxylic acids is 1. The number of nitrogens with one attached hydrogen (secondary N) is 2. The van der Waals surface area contributed by atoms with Crippen molar-refractivity contribution in [3.8, 4) is 11.1 Å². The molecule has 2 rings (SSSR count). The first-order valence-electron chi connectivity index (χ1n) is 7.07. The van der Waals surface area contributed by atoms with E-state index in [9.17, 15) is 9.18 Å². The molecule has 0 bridgehead atoms. The van der Waals surface area contributed by atoms with Crippen molar-refractivity contribution in [2.45, 2.75) is 6.92 Å². The van der Waals surface area contributed by atoms with E-state index in [-0.39, 0.29) is 5.82 Å². The van der Waals surface area contributed by atoms with Gasteiger partial charge in [-0.3, -0.25) is 0 Å². The number of benzene rings is 1. The van der Waals surface area contributed by atoms with Gasteiger partial charge in [0.15, 0.2) is 5.11 Å². The van der Waals surface area contributed by atoms with Gasteiger partial charge in [-0.2, -0.15) is 0 Å². The summed E-state index contributed by atoms with van der Waals surface area (Å²) in [5.41, 5.74) is 2.69. The van der Waals surface area contributed by atoms with E-state index in [1.165, 1.54) is 30.6 Å². The fourth-order valence-electron chi connectivity index (χ4n) is 1.97. The molecule has 0 saturated heterocycles. The Morgan fingerprint density at radius 1 is 1.38 bits per heavy atom. The summed E-state index contributed by atoms with van der Waals surface area (Å²) in [6.07, 6.45) is 0. The number of hydrogen-bond acceptors (Lipinski definition) is 4. The molecule has 1 heterocycles. The first kappa shape index (κ1) is 18.1. The van der Waals surface area contributed by atoms with Crippen molar-refractivity contribution in [3.63, 3.8) is 0 Å². The number of rotatable bonds is 5. The van der Waals surface area contributed by atoms with Crippen LogP contribution in [0, 0.1) is 5.82 Å². The monoisotopic (exact) mass is 364 g/mol. The van der Waals surface area contributed by atoms with Crippen molar-refractivity contribution >= 4 is 39.6 Å². The van der Waals surface area contributed by atoms with Crippen LogP contribution in [0.1, 0.15) is 17.3 Å². The summed E-state index contributed by atoms with van der Waals surface area (Å²) < 4.78 is 18.0. The lowest BCUT2D eigenvalue weighted by molar-refractivity contribution is 0.0603. The Hall–Kier alpha value is -2.25. The predicted molar refractivity (Wildman–Crippen MR) is 100 cm³/mol. The zero-order valence-corrected chi connectivity index (χ0v) is 14.9. The van der Waals surface area contributed by atoms with Crippen LogP contribution in [0.25, 0.3) is 11.1 Å². The number of esters is 1. The van der Waals surface area contributed by atoms with Gasteiger partial charge in [-0.15, -0.1) is 11.3 Å². The maximum Gasteiger partial charge on any atom is 0.341 e. The van der Waals surface area contributed by atoms with Gasteiger partial charge < -0.3 is 15.4 Å². The fourth-order valence-corrected chi connectivity index (χ4v) is 3.18. The highest BCUT2D eigenvalue weighted by Crippen LogP contribution is 2.36. The van der Waals surface area contributed by atoms with Gasteiger partial charge in [0.05, 0.1) is 7.11 Å². The summed E-state index contributed by atoms with van der Waals surface area (Å²) >= 11 is 6.55. The predicted octanol–water partition coefficient (Wildman–Crippen LogP) is 4.20. The number of ether oxygens (including phenoxy) is 1. The fraction of sp³-hybridized carbons (Fsp3) is 0.176. The Labute approximate surface area is 149 Å². The maximum atomic E-state index is 13.1. The second-order valence-corrected chi connectivity index (χ2v) is 6.40. The van der Waals surface area contributed by atoms with E-state index in [0.29, 0.717) is 27.8 Å². The van der Waals surface area contributed by atoms with Gasteiger partial charge >= 0.3 is 5.97 Å². The summed E-state index contributed by atoms with van der Waals surface area (Å²) in [7, 11) is 1.32. The molecular weight excluding hydrogens is 347 g/mol. The van der Waals surface area contributed by atoms with E-state index in [0.717, 1.165) is 11.1 Å². The molecule has 0 unspecified atom stereocenters. The second-order valence-electron chi connectivity index (χ2n) is 5.12. The summed E-state index contributed by atoms with van der Waals surface area (Å²) in [5, 5.41) is 8.77. The number of hydrogen-bond donors (Lipinski definition) is 2. The molecule has 0 atom stereocenters. The van der Waals surface area contributed by atoms with Crippen molar-refractivity contribution in [3.05, 3.63) is 53.2 Å². The van der Waals surface area contributed by atoms with Gasteiger partial charge in [-0.25, -0.2) is 9.18 Å². The maximum absolute atomic E-state index is 13.1. The SMILES string of the molecule is C=C(C)CNC(=S)Nc1scc(-c2ccc(F)cc2)c1C(=O)OC. The molecule has 2 aromatic rings. The van der Waals surface area contributed by atoms with Crippen LogP contribution in [0.2, 0.25) is 0 Å². The lowest BCUT2D eigenvalue weighted by atomic mass is 10.0. The minimum absolute atomic E-state index is 0.336. The van der Waals surface area contributed by atoms with Gasteiger partial charge in [0.25, 0.3) is 0 Å². The highest BCUT2D eigenvalue weighted by atomic mass is 32.1. The van der Waals surface area contributed by atoms with E-state index in [4.69, 9.17) is 17.0 Å². The Balaban J connectivity index is 2.32. The first-order chi connectivity index (χ1) is 11.4. The lowest BCUT2D eigenvalue weighted by Crippen LogP contribution is -2.29. The van der Waals surface area contributed by atoms with Crippen LogP contribution in [-0.2, 0) is 4.74 Å². The van der Waals surface area contributed by atoms with Gasteiger partial charge in [0, 0.05) is 17.5 Å². The van der Waals surface area contributed by atoms with Crippen LogP contribution in [0.3, 0.4) is 0 Å². The topological polar surface area (TPSA) is 50.4 Å². The zero-order valence-electron chi connectivity index (χ0n) is 13.3.